The van der Waals surface area contributed by atoms with Crippen LogP contribution < -0.4 is 9.64 Å². The highest BCUT2D eigenvalue weighted by molar-refractivity contribution is 7.87. The van der Waals surface area contributed by atoms with Gasteiger partial charge in [0.05, 0.1) is 42.8 Å². The lowest BCUT2D eigenvalue weighted by atomic mass is 10.2. The Labute approximate surface area is 287 Å². The standard InChI is InChI=1S/C34H41NO12S2/c1-24-6-14-29(15-7-24)48(37,38)43-22-31-32(23-44-49(39,40)30-16-8-25(2)9-17-30)47-34(3,46-31)18-5-19-42-27-12-10-26(11-13-27)35-20-28(21-41-4)45-33(35)36/h6-17,28,31-32H,5,18-23H2,1-4H3/t28-,31+,32+/m1/s1. The SMILES string of the molecule is COC[C@H]1CN(c2ccc(OCCCC3(C)O[C@@H](COS(=O)(=O)c4ccc(C)cc4)[C@H](COS(=O)(=O)c4ccc(C)cc4)O3)cc2)C(=O)O1. The molecule has 0 radical (unpaired) electrons. The Kier molecular flexibility index (Phi) is 11.6. The average Bonchev–Trinajstić information content (AvgIpc) is 3.60. The Morgan fingerprint density at radius 2 is 1.29 bits per heavy atom. The molecule has 2 aliphatic heterocycles. The van der Waals surface area contributed by atoms with Crippen molar-refractivity contribution < 1.29 is 53.7 Å². The minimum Gasteiger partial charge on any atom is -0.494 e. The molecule has 13 nitrogen and oxygen atoms in total. The lowest BCUT2D eigenvalue weighted by Gasteiger charge is -2.23. The number of anilines is 1. The Morgan fingerprint density at radius 1 is 0.776 bits per heavy atom. The molecule has 266 valence electrons. The summed E-state index contributed by atoms with van der Waals surface area (Å²) >= 11 is 0. The second kappa shape index (κ2) is 15.5. The van der Waals surface area contributed by atoms with Crippen LogP contribution in [0.3, 0.4) is 0 Å². The van der Waals surface area contributed by atoms with E-state index in [1.165, 1.54) is 29.2 Å². The minimum absolute atomic E-state index is 0.0182. The lowest BCUT2D eigenvalue weighted by molar-refractivity contribution is -0.170. The fourth-order valence-corrected chi connectivity index (χ4v) is 7.23. The molecule has 2 saturated heterocycles. The van der Waals surface area contributed by atoms with Gasteiger partial charge in [0.1, 0.15) is 24.1 Å². The van der Waals surface area contributed by atoms with Gasteiger partial charge in [-0.2, -0.15) is 16.8 Å². The summed E-state index contributed by atoms with van der Waals surface area (Å²) in [5.41, 5.74) is 2.45. The maximum absolute atomic E-state index is 12.9. The Morgan fingerprint density at radius 3 is 1.78 bits per heavy atom. The van der Waals surface area contributed by atoms with Gasteiger partial charge in [-0.15, -0.1) is 0 Å². The molecular formula is C34H41NO12S2. The molecule has 0 bridgehead atoms. The third-order valence-electron chi connectivity index (χ3n) is 8.03. The number of rotatable bonds is 16. The average molecular weight is 720 g/mol. The normalized spacial score (nSPS) is 20.8. The van der Waals surface area contributed by atoms with E-state index in [4.69, 9.17) is 32.1 Å². The summed E-state index contributed by atoms with van der Waals surface area (Å²) in [6, 6.07) is 19.5. The zero-order valence-electron chi connectivity index (χ0n) is 27.8. The first-order chi connectivity index (χ1) is 23.3. The van der Waals surface area contributed by atoms with Gasteiger partial charge in [-0.05, 0) is 75.7 Å². The molecule has 3 aromatic rings. The Bertz CT molecular complexity index is 1690. The van der Waals surface area contributed by atoms with Crippen molar-refractivity contribution in [2.45, 2.75) is 67.5 Å². The molecule has 3 aromatic carbocycles. The van der Waals surface area contributed by atoms with E-state index in [1.54, 1.807) is 62.6 Å². The highest BCUT2D eigenvalue weighted by atomic mass is 32.2. The van der Waals surface area contributed by atoms with Crippen LogP contribution in [-0.4, -0.2) is 87.1 Å². The van der Waals surface area contributed by atoms with E-state index in [9.17, 15) is 21.6 Å². The van der Waals surface area contributed by atoms with Gasteiger partial charge in [0.2, 0.25) is 0 Å². The van der Waals surface area contributed by atoms with Crippen LogP contribution in [0.15, 0.2) is 82.6 Å². The summed E-state index contributed by atoms with van der Waals surface area (Å²) in [4.78, 5) is 13.7. The van der Waals surface area contributed by atoms with Crippen molar-refractivity contribution in [1.82, 2.24) is 0 Å². The van der Waals surface area contributed by atoms with Gasteiger partial charge in [0.25, 0.3) is 20.2 Å². The van der Waals surface area contributed by atoms with Gasteiger partial charge in [0, 0.05) is 19.2 Å². The highest BCUT2D eigenvalue weighted by Crippen LogP contribution is 2.34. The predicted molar refractivity (Wildman–Crippen MR) is 177 cm³/mol. The third-order valence-corrected chi connectivity index (χ3v) is 10.6. The van der Waals surface area contributed by atoms with Crippen molar-refractivity contribution in [3.8, 4) is 5.75 Å². The van der Waals surface area contributed by atoms with E-state index in [-0.39, 0.29) is 22.5 Å². The Hall–Kier alpha value is -3.57. The number of nitrogens with zero attached hydrogens (tertiary/aromatic N) is 1. The molecule has 5 rings (SSSR count). The summed E-state index contributed by atoms with van der Waals surface area (Å²) in [7, 11) is -6.72. The van der Waals surface area contributed by atoms with Crippen molar-refractivity contribution >= 4 is 32.0 Å². The largest absolute Gasteiger partial charge is 0.494 e. The minimum atomic E-state index is -4.13. The summed E-state index contributed by atoms with van der Waals surface area (Å²) in [6.45, 7) is 5.50. The second-order valence-corrected chi connectivity index (χ2v) is 15.3. The third kappa shape index (κ3) is 9.57. The number of hydrogen-bond donors (Lipinski definition) is 0. The number of amides is 1. The maximum Gasteiger partial charge on any atom is 0.414 e. The van der Waals surface area contributed by atoms with Crippen molar-refractivity contribution in [1.29, 1.82) is 0 Å². The molecule has 0 spiro atoms. The van der Waals surface area contributed by atoms with Gasteiger partial charge in [0.15, 0.2) is 5.79 Å². The fraction of sp³-hybridized carbons (Fsp3) is 0.441. The van der Waals surface area contributed by atoms with E-state index in [2.05, 4.69) is 0 Å². The van der Waals surface area contributed by atoms with Crippen LogP contribution in [0.5, 0.6) is 5.75 Å². The summed E-state index contributed by atoms with van der Waals surface area (Å²) in [5, 5.41) is 0. The van der Waals surface area contributed by atoms with Gasteiger partial charge >= 0.3 is 6.09 Å². The molecule has 0 saturated carbocycles. The first-order valence-electron chi connectivity index (χ1n) is 15.7. The summed E-state index contributed by atoms with van der Waals surface area (Å²) < 4.78 is 90.9. The highest BCUT2D eigenvalue weighted by Gasteiger charge is 2.45. The molecule has 0 unspecified atom stereocenters. The molecule has 0 aromatic heterocycles. The van der Waals surface area contributed by atoms with Crippen LogP contribution in [0.25, 0.3) is 0 Å². The van der Waals surface area contributed by atoms with Crippen molar-refractivity contribution in [2.24, 2.45) is 0 Å². The molecule has 2 aliphatic rings. The molecule has 2 fully saturated rings. The van der Waals surface area contributed by atoms with E-state index in [0.717, 1.165) is 11.1 Å². The van der Waals surface area contributed by atoms with Crippen molar-refractivity contribution in [2.75, 3.05) is 45.0 Å². The predicted octanol–water partition coefficient (Wildman–Crippen LogP) is 4.75. The van der Waals surface area contributed by atoms with Crippen LogP contribution in [0.4, 0.5) is 10.5 Å². The van der Waals surface area contributed by atoms with Crippen LogP contribution in [0.1, 0.15) is 30.9 Å². The first kappa shape index (κ1) is 36.7. The smallest absolute Gasteiger partial charge is 0.414 e. The zero-order chi connectivity index (χ0) is 35.2. The van der Waals surface area contributed by atoms with Crippen LogP contribution in [0, 0.1) is 13.8 Å². The van der Waals surface area contributed by atoms with E-state index >= 15 is 0 Å². The van der Waals surface area contributed by atoms with Gasteiger partial charge in [-0.1, -0.05) is 35.4 Å². The lowest BCUT2D eigenvalue weighted by Crippen LogP contribution is -2.33. The molecule has 1 amide bonds. The molecule has 2 heterocycles. The van der Waals surface area contributed by atoms with Gasteiger partial charge < -0.3 is 23.7 Å². The van der Waals surface area contributed by atoms with E-state index in [1.807, 2.05) is 13.8 Å². The summed E-state index contributed by atoms with van der Waals surface area (Å²) in [6.07, 6.45) is -1.90. The monoisotopic (exact) mass is 719 g/mol. The van der Waals surface area contributed by atoms with Crippen LogP contribution in [-0.2, 0) is 47.5 Å². The molecular weight excluding hydrogens is 679 g/mol. The van der Waals surface area contributed by atoms with Crippen LogP contribution >= 0.6 is 0 Å². The first-order valence-corrected chi connectivity index (χ1v) is 18.6. The maximum atomic E-state index is 12.9. The van der Waals surface area contributed by atoms with Crippen LogP contribution in [0.2, 0.25) is 0 Å². The number of cyclic esters (lactones) is 1. The fourth-order valence-electron chi connectivity index (χ4n) is 5.39. The molecule has 15 heteroatoms. The number of hydrogen-bond acceptors (Lipinski definition) is 12. The summed E-state index contributed by atoms with van der Waals surface area (Å²) in [5.74, 6) is -0.630. The molecule has 0 aliphatic carbocycles. The second-order valence-electron chi connectivity index (χ2n) is 12.1. The molecule has 0 N–H and O–H groups in total. The molecule has 49 heavy (non-hydrogen) atoms. The topological polar surface area (TPSA) is 153 Å². The van der Waals surface area contributed by atoms with Crippen molar-refractivity contribution in [3.05, 3.63) is 83.9 Å². The molecule has 3 atom stereocenters. The van der Waals surface area contributed by atoms with E-state index in [0.29, 0.717) is 37.4 Å². The number of aryl methyl sites for hydroxylation is 2. The van der Waals surface area contributed by atoms with Crippen molar-refractivity contribution in [3.63, 3.8) is 0 Å². The number of ether oxygens (including phenoxy) is 5. The number of benzene rings is 3. The number of carbonyl (C=O) groups is 1. The Balaban J connectivity index is 1.18. The van der Waals surface area contributed by atoms with E-state index < -0.39 is 57.5 Å². The number of methoxy groups -OCH3 is 1. The number of carbonyl (C=O) groups excluding carboxylic acids is 1. The van der Waals surface area contributed by atoms with Gasteiger partial charge in [-0.25, -0.2) is 4.79 Å². The van der Waals surface area contributed by atoms with Gasteiger partial charge in [-0.3, -0.25) is 13.3 Å². The zero-order valence-corrected chi connectivity index (χ0v) is 29.4. The quantitative estimate of drug-likeness (QED) is 0.148.